The van der Waals surface area contributed by atoms with Gasteiger partial charge in [-0.1, -0.05) is 18.2 Å². The molecule has 1 aliphatic heterocycles. The van der Waals surface area contributed by atoms with E-state index in [4.69, 9.17) is 14.7 Å². The standard InChI is InChI=1S/C33H39FN8O5/c1-20-27(22-16-24(31(44)40(5)18-22)30(43)38-33(2,3)4)39-42(23-10-8-7-9-11-23)29(20)37-32(45)36-25-19-41(14-15-46-6)47-28(25)21-12-13-35-26(34)17-21/h7-13,16-18,25,28H,14-15,19H2,1-6H3,(H,38,43)(H2,36,37,45)/t25-,28+/m1/s1. The summed E-state index contributed by atoms with van der Waals surface area (Å²) in [5, 5.41) is 15.3. The molecule has 1 aromatic carbocycles. The molecule has 5 rings (SSSR count). The fourth-order valence-electron chi connectivity index (χ4n) is 5.34. The van der Waals surface area contributed by atoms with Gasteiger partial charge >= 0.3 is 6.03 Å². The Bertz CT molecular complexity index is 1820. The summed E-state index contributed by atoms with van der Waals surface area (Å²) in [6.07, 6.45) is 2.28. The first kappa shape index (κ1) is 33.4. The van der Waals surface area contributed by atoms with Crippen LogP contribution in [0.2, 0.25) is 0 Å². The van der Waals surface area contributed by atoms with Crippen LogP contribution in [0.25, 0.3) is 16.9 Å². The summed E-state index contributed by atoms with van der Waals surface area (Å²) in [5.41, 5.74) is 1.74. The zero-order valence-corrected chi connectivity index (χ0v) is 27.2. The van der Waals surface area contributed by atoms with E-state index in [0.717, 1.165) is 0 Å². The molecule has 2 atom stereocenters. The molecule has 0 unspecified atom stereocenters. The highest BCUT2D eigenvalue weighted by molar-refractivity contribution is 5.96. The smallest absolute Gasteiger partial charge is 0.320 e. The number of para-hydroxylation sites is 1. The summed E-state index contributed by atoms with van der Waals surface area (Å²) >= 11 is 0. The summed E-state index contributed by atoms with van der Waals surface area (Å²) in [5.74, 6) is -0.781. The molecular formula is C33H39FN8O5. The molecule has 0 aliphatic carbocycles. The van der Waals surface area contributed by atoms with E-state index >= 15 is 0 Å². The first-order chi connectivity index (χ1) is 22.3. The third kappa shape index (κ3) is 7.73. The molecule has 1 fully saturated rings. The fraction of sp³-hybridized carbons (Fsp3) is 0.364. The Balaban J connectivity index is 1.48. The normalized spacial score (nSPS) is 16.7. The van der Waals surface area contributed by atoms with Crippen molar-refractivity contribution in [3.63, 3.8) is 0 Å². The first-order valence-corrected chi connectivity index (χ1v) is 15.1. The van der Waals surface area contributed by atoms with Crippen molar-refractivity contribution in [3.8, 4) is 16.9 Å². The van der Waals surface area contributed by atoms with Crippen LogP contribution in [0.4, 0.5) is 15.0 Å². The fourth-order valence-corrected chi connectivity index (χ4v) is 5.34. The molecule has 0 spiro atoms. The lowest BCUT2D eigenvalue weighted by molar-refractivity contribution is -0.154. The second-order valence-corrected chi connectivity index (χ2v) is 12.4. The number of hydrogen-bond donors (Lipinski definition) is 3. The van der Waals surface area contributed by atoms with E-state index in [2.05, 4.69) is 20.9 Å². The van der Waals surface area contributed by atoms with Gasteiger partial charge in [0.05, 0.1) is 24.0 Å². The molecule has 0 saturated carbocycles. The van der Waals surface area contributed by atoms with E-state index in [1.54, 1.807) is 43.1 Å². The van der Waals surface area contributed by atoms with Crippen molar-refractivity contribution in [1.82, 2.24) is 35.0 Å². The highest BCUT2D eigenvalue weighted by Gasteiger charge is 2.37. The topological polar surface area (TPSA) is 145 Å². The summed E-state index contributed by atoms with van der Waals surface area (Å²) in [7, 11) is 3.15. The number of methoxy groups -OCH3 is 1. The largest absolute Gasteiger partial charge is 0.383 e. The van der Waals surface area contributed by atoms with E-state index in [1.807, 2.05) is 51.1 Å². The average Bonchev–Trinajstić information content (AvgIpc) is 3.57. The molecule has 47 heavy (non-hydrogen) atoms. The SMILES string of the molecule is COCCN1C[C@@H](NC(=O)Nc2c(C)c(-c3cc(C(=O)NC(C)(C)C)c(=O)n(C)c3)nn2-c2ccccc2)[C@H](c2ccnc(F)c2)O1. The number of halogens is 1. The molecule has 14 heteroatoms. The summed E-state index contributed by atoms with van der Waals surface area (Å²) in [6.45, 7) is 8.47. The molecule has 13 nitrogen and oxygen atoms in total. The van der Waals surface area contributed by atoms with Crippen LogP contribution in [-0.2, 0) is 16.6 Å². The van der Waals surface area contributed by atoms with Crippen molar-refractivity contribution in [1.29, 1.82) is 0 Å². The van der Waals surface area contributed by atoms with Crippen LogP contribution in [0.3, 0.4) is 0 Å². The first-order valence-electron chi connectivity index (χ1n) is 15.1. The van der Waals surface area contributed by atoms with Crippen molar-refractivity contribution in [2.45, 2.75) is 45.4 Å². The lowest BCUT2D eigenvalue weighted by Gasteiger charge is -2.20. The number of rotatable bonds is 9. The van der Waals surface area contributed by atoms with Crippen LogP contribution in [-0.4, -0.2) is 74.7 Å². The minimum Gasteiger partial charge on any atom is -0.383 e. The third-order valence-corrected chi connectivity index (χ3v) is 7.51. The molecule has 248 valence electrons. The maximum atomic E-state index is 14.0. The number of hydrogen-bond acceptors (Lipinski definition) is 8. The Hall–Kier alpha value is -4.92. The van der Waals surface area contributed by atoms with Gasteiger partial charge in [-0.3, -0.25) is 19.7 Å². The van der Waals surface area contributed by atoms with E-state index in [9.17, 15) is 18.8 Å². The van der Waals surface area contributed by atoms with Crippen molar-refractivity contribution in [3.05, 3.63) is 93.9 Å². The van der Waals surface area contributed by atoms with E-state index in [0.29, 0.717) is 53.6 Å². The summed E-state index contributed by atoms with van der Waals surface area (Å²) in [6, 6.07) is 12.6. The van der Waals surface area contributed by atoms with Crippen LogP contribution in [0, 0.1) is 12.9 Å². The number of amides is 3. The average molecular weight is 647 g/mol. The quantitative estimate of drug-likeness (QED) is 0.234. The number of urea groups is 1. The van der Waals surface area contributed by atoms with Crippen molar-refractivity contribution >= 4 is 17.8 Å². The van der Waals surface area contributed by atoms with Gasteiger partial charge in [-0.2, -0.15) is 14.6 Å². The Labute approximate surface area is 271 Å². The van der Waals surface area contributed by atoms with Gasteiger partial charge in [-0.15, -0.1) is 0 Å². The second kappa shape index (κ2) is 13.8. The zero-order chi connectivity index (χ0) is 33.9. The number of benzene rings is 1. The highest BCUT2D eigenvalue weighted by atomic mass is 19.1. The maximum Gasteiger partial charge on any atom is 0.320 e. The van der Waals surface area contributed by atoms with Gasteiger partial charge in [0.25, 0.3) is 11.5 Å². The molecular weight excluding hydrogens is 607 g/mol. The Morgan fingerprint density at radius 1 is 1.15 bits per heavy atom. The maximum absolute atomic E-state index is 14.0. The van der Waals surface area contributed by atoms with Crippen LogP contribution in [0.15, 0.2) is 65.7 Å². The predicted octanol–water partition coefficient (Wildman–Crippen LogP) is 3.73. The van der Waals surface area contributed by atoms with Crippen molar-refractivity contribution in [2.24, 2.45) is 7.05 Å². The summed E-state index contributed by atoms with van der Waals surface area (Å²) in [4.78, 5) is 49.4. The minimum absolute atomic E-state index is 0.0290. The molecule has 0 bridgehead atoms. The zero-order valence-electron chi connectivity index (χ0n) is 27.2. The van der Waals surface area contributed by atoms with E-state index in [-0.39, 0.29) is 5.56 Å². The number of aryl methyl sites for hydroxylation is 1. The molecule has 4 heterocycles. The lowest BCUT2D eigenvalue weighted by atomic mass is 10.0. The molecule has 4 aromatic rings. The number of carbonyl (C=O) groups excluding carboxylic acids is 2. The summed E-state index contributed by atoms with van der Waals surface area (Å²) < 4.78 is 22.1. The van der Waals surface area contributed by atoms with E-state index in [1.165, 1.54) is 22.9 Å². The third-order valence-electron chi connectivity index (χ3n) is 7.51. The van der Waals surface area contributed by atoms with Crippen molar-refractivity contribution in [2.75, 3.05) is 32.1 Å². The molecule has 3 N–H and O–H groups in total. The van der Waals surface area contributed by atoms with Crippen LogP contribution in [0.5, 0.6) is 0 Å². The second-order valence-electron chi connectivity index (χ2n) is 12.4. The Morgan fingerprint density at radius 3 is 2.57 bits per heavy atom. The number of pyridine rings is 2. The Kier molecular flexibility index (Phi) is 9.84. The molecule has 3 amide bonds. The lowest BCUT2D eigenvalue weighted by Crippen LogP contribution is -2.43. The van der Waals surface area contributed by atoms with E-state index < -0.39 is 41.1 Å². The highest BCUT2D eigenvalue weighted by Crippen LogP contribution is 2.32. The molecule has 1 aliphatic rings. The van der Waals surface area contributed by atoms with Gasteiger partial charge in [0.15, 0.2) is 0 Å². The Morgan fingerprint density at radius 2 is 1.89 bits per heavy atom. The van der Waals surface area contributed by atoms with Crippen LogP contribution < -0.4 is 21.5 Å². The minimum atomic E-state index is -0.672. The van der Waals surface area contributed by atoms with Crippen LogP contribution >= 0.6 is 0 Å². The predicted molar refractivity (Wildman–Crippen MR) is 174 cm³/mol. The molecule has 0 radical (unpaired) electrons. The number of nitrogens with one attached hydrogen (secondary N) is 3. The van der Waals surface area contributed by atoms with Gasteiger partial charge in [-0.05, 0) is 63.6 Å². The number of carbonyl (C=O) groups is 2. The monoisotopic (exact) mass is 646 g/mol. The van der Waals surface area contributed by atoms with Gasteiger partial charge < -0.3 is 19.9 Å². The van der Waals surface area contributed by atoms with Crippen molar-refractivity contribution < 1.29 is 23.6 Å². The molecule has 1 saturated heterocycles. The van der Waals surface area contributed by atoms with Gasteiger partial charge in [0.2, 0.25) is 5.95 Å². The van der Waals surface area contributed by atoms with Gasteiger partial charge in [0, 0.05) is 56.3 Å². The number of ether oxygens (including phenoxy) is 1. The van der Waals surface area contributed by atoms with Gasteiger partial charge in [-0.25, -0.2) is 14.5 Å². The van der Waals surface area contributed by atoms with Gasteiger partial charge in [0.1, 0.15) is 17.5 Å². The number of aromatic nitrogens is 4. The molecule has 3 aromatic heterocycles. The number of hydroxylamine groups is 2. The number of nitrogens with zero attached hydrogens (tertiary/aromatic N) is 5. The number of anilines is 1. The van der Waals surface area contributed by atoms with Crippen LogP contribution in [0.1, 0.15) is 48.4 Å².